The molecule has 0 bridgehead atoms. The van der Waals surface area contributed by atoms with Gasteiger partial charge < -0.3 is 5.11 Å². The highest BCUT2D eigenvalue weighted by Gasteiger charge is 1.92. The van der Waals surface area contributed by atoms with Crippen LogP contribution < -0.4 is 0 Å². The Balaban J connectivity index is 2.77. The van der Waals surface area contributed by atoms with Crippen LogP contribution in [0.4, 0.5) is 5.69 Å². The number of carbonyl (C=O) groups is 1. The summed E-state index contributed by atoms with van der Waals surface area (Å²) in [5, 5.41) is 10.7. The largest absolute Gasteiger partial charge is 0.481 e. The van der Waals surface area contributed by atoms with Gasteiger partial charge in [-0.15, -0.1) is 0 Å². The molecular weight excluding hydrogens is 210 g/mol. The predicted molar refractivity (Wildman–Crippen MR) is 62.4 cm³/mol. The standard InChI is InChI=1S/C11H9NO2S/c13-11(14)6-2-4-9-3-1-5-10(7-9)12-8-15/h1-5,7H,6H2,(H,13,14). The Morgan fingerprint density at radius 2 is 2.40 bits per heavy atom. The fraction of sp³-hybridized carbons (Fsp3) is 0.0909. The predicted octanol–water partition coefficient (Wildman–Crippen LogP) is 2.91. The van der Waals surface area contributed by atoms with Gasteiger partial charge in [0.15, 0.2) is 0 Å². The summed E-state index contributed by atoms with van der Waals surface area (Å²) >= 11 is 4.49. The maximum absolute atomic E-state index is 10.3. The molecule has 1 rings (SSSR count). The number of nitrogens with zero attached hydrogens (tertiary/aromatic N) is 1. The lowest BCUT2D eigenvalue weighted by Gasteiger charge is -1.94. The average molecular weight is 219 g/mol. The number of aliphatic carboxylic acids is 1. The summed E-state index contributed by atoms with van der Waals surface area (Å²) in [6.07, 6.45) is 3.33. The van der Waals surface area contributed by atoms with E-state index in [0.29, 0.717) is 5.69 Å². The second-order valence-corrected chi connectivity index (χ2v) is 2.98. The summed E-state index contributed by atoms with van der Waals surface area (Å²) in [7, 11) is 0. The molecule has 76 valence electrons. The van der Waals surface area contributed by atoms with Crippen molar-refractivity contribution < 1.29 is 9.90 Å². The van der Waals surface area contributed by atoms with Crippen LogP contribution in [0.2, 0.25) is 0 Å². The van der Waals surface area contributed by atoms with Crippen molar-refractivity contribution in [3.8, 4) is 0 Å². The number of hydrogen-bond acceptors (Lipinski definition) is 3. The highest BCUT2D eigenvalue weighted by Crippen LogP contribution is 2.14. The van der Waals surface area contributed by atoms with Crippen molar-refractivity contribution in [2.45, 2.75) is 6.42 Å². The molecule has 0 saturated heterocycles. The van der Waals surface area contributed by atoms with Gasteiger partial charge in [-0.05, 0) is 29.9 Å². The van der Waals surface area contributed by atoms with Crippen molar-refractivity contribution in [3.63, 3.8) is 0 Å². The van der Waals surface area contributed by atoms with E-state index in [-0.39, 0.29) is 6.42 Å². The topological polar surface area (TPSA) is 49.7 Å². The molecular formula is C11H9NO2S. The van der Waals surface area contributed by atoms with E-state index in [1.165, 1.54) is 0 Å². The number of aliphatic imine (C=N–C) groups is 1. The van der Waals surface area contributed by atoms with Crippen LogP contribution in [0.25, 0.3) is 6.08 Å². The summed E-state index contributed by atoms with van der Waals surface area (Å²) in [6, 6.07) is 7.29. The van der Waals surface area contributed by atoms with Gasteiger partial charge in [-0.2, -0.15) is 4.99 Å². The first-order valence-electron chi connectivity index (χ1n) is 4.28. The lowest BCUT2D eigenvalue weighted by atomic mass is 10.2. The van der Waals surface area contributed by atoms with Gasteiger partial charge in [0.25, 0.3) is 0 Å². The Kier molecular flexibility index (Phi) is 4.41. The van der Waals surface area contributed by atoms with E-state index in [1.54, 1.807) is 24.3 Å². The van der Waals surface area contributed by atoms with Crippen LogP contribution >= 0.6 is 12.2 Å². The normalized spacial score (nSPS) is 9.87. The monoisotopic (exact) mass is 219 g/mol. The van der Waals surface area contributed by atoms with Crippen LogP contribution in [-0.4, -0.2) is 16.2 Å². The summed E-state index contributed by atoms with van der Waals surface area (Å²) < 4.78 is 0. The SMILES string of the molecule is O=C(O)CC=Cc1cccc(N=C=S)c1. The van der Waals surface area contributed by atoms with Crippen molar-refractivity contribution in [1.29, 1.82) is 0 Å². The number of isothiocyanates is 1. The number of carboxylic acid groups (broad SMARTS) is 1. The molecule has 0 heterocycles. The van der Waals surface area contributed by atoms with Crippen molar-refractivity contribution in [1.82, 2.24) is 0 Å². The molecule has 0 amide bonds. The van der Waals surface area contributed by atoms with Gasteiger partial charge in [0, 0.05) is 0 Å². The minimum Gasteiger partial charge on any atom is -0.481 e. The molecule has 3 nitrogen and oxygen atoms in total. The Bertz CT molecular complexity index is 434. The smallest absolute Gasteiger partial charge is 0.307 e. The van der Waals surface area contributed by atoms with Crippen LogP contribution in [0.5, 0.6) is 0 Å². The Labute approximate surface area is 92.8 Å². The van der Waals surface area contributed by atoms with Crippen LogP contribution in [0.1, 0.15) is 12.0 Å². The zero-order chi connectivity index (χ0) is 11.1. The molecule has 0 spiro atoms. The van der Waals surface area contributed by atoms with E-state index in [0.717, 1.165) is 5.56 Å². The van der Waals surface area contributed by atoms with Crippen LogP contribution in [0, 0.1) is 0 Å². The molecule has 15 heavy (non-hydrogen) atoms. The van der Waals surface area contributed by atoms with E-state index in [4.69, 9.17) is 5.11 Å². The molecule has 0 unspecified atom stereocenters. The summed E-state index contributed by atoms with van der Waals surface area (Å²) in [6.45, 7) is 0. The van der Waals surface area contributed by atoms with Gasteiger partial charge in [0.2, 0.25) is 0 Å². The first-order chi connectivity index (χ1) is 7.22. The van der Waals surface area contributed by atoms with Gasteiger partial charge in [0.1, 0.15) is 0 Å². The zero-order valence-electron chi connectivity index (χ0n) is 7.88. The maximum atomic E-state index is 10.3. The molecule has 0 fully saturated rings. The number of benzene rings is 1. The Hall–Kier alpha value is -1.77. The number of hydrogen-bond donors (Lipinski definition) is 1. The fourth-order valence-electron chi connectivity index (χ4n) is 1.05. The van der Waals surface area contributed by atoms with Crippen molar-refractivity contribution in [3.05, 3.63) is 35.9 Å². The number of carboxylic acids is 1. The number of rotatable bonds is 4. The first-order valence-corrected chi connectivity index (χ1v) is 4.69. The third kappa shape index (κ3) is 4.31. The van der Waals surface area contributed by atoms with Crippen molar-refractivity contribution >= 4 is 35.1 Å². The van der Waals surface area contributed by atoms with E-state index < -0.39 is 5.97 Å². The van der Waals surface area contributed by atoms with Gasteiger partial charge in [-0.3, -0.25) is 4.79 Å². The van der Waals surface area contributed by atoms with E-state index in [2.05, 4.69) is 22.4 Å². The molecule has 0 atom stereocenters. The summed E-state index contributed by atoms with van der Waals surface area (Å²) in [4.78, 5) is 14.1. The zero-order valence-corrected chi connectivity index (χ0v) is 8.70. The second kappa shape index (κ2) is 5.86. The van der Waals surface area contributed by atoms with Gasteiger partial charge in [0.05, 0.1) is 17.3 Å². The van der Waals surface area contributed by atoms with Gasteiger partial charge in [-0.25, -0.2) is 0 Å². The maximum Gasteiger partial charge on any atom is 0.307 e. The van der Waals surface area contributed by atoms with Crippen LogP contribution in [0.15, 0.2) is 35.3 Å². The molecule has 1 N–H and O–H groups in total. The molecule has 0 saturated carbocycles. The van der Waals surface area contributed by atoms with Crippen molar-refractivity contribution in [2.75, 3.05) is 0 Å². The van der Waals surface area contributed by atoms with Crippen molar-refractivity contribution in [2.24, 2.45) is 4.99 Å². The highest BCUT2D eigenvalue weighted by molar-refractivity contribution is 7.78. The molecule has 1 aromatic rings. The first kappa shape index (κ1) is 11.3. The van der Waals surface area contributed by atoms with E-state index in [9.17, 15) is 4.79 Å². The van der Waals surface area contributed by atoms with E-state index >= 15 is 0 Å². The molecule has 0 aromatic heterocycles. The average Bonchev–Trinajstić information content (AvgIpc) is 2.18. The summed E-state index contributed by atoms with van der Waals surface area (Å²) in [5.41, 5.74) is 1.60. The molecule has 0 aliphatic carbocycles. The minimum atomic E-state index is -0.848. The second-order valence-electron chi connectivity index (χ2n) is 2.80. The van der Waals surface area contributed by atoms with Crippen LogP contribution in [0.3, 0.4) is 0 Å². The molecule has 1 aromatic carbocycles. The third-order valence-corrected chi connectivity index (χ3v) is 1.74. The quantitative estimate of drug-likeness (QED) is 0.625. The lowest BCUT2D eigenvalue weighted by Crippen LogP contribution is -1.89. The molecule has 0 aliphatic rings. The molecule has 4 heteroatoms. The third-order valence-electron chi connectivity index (χ3n) is 1.65. The van der Waals surface area contributed by atoms with Crippen LogP contribution in [-0.2, 0) is 4.79 Å². The Morgan fingerprint density at radius 1 is 1.60 bits per heavy atom. The minimum absolute atomic E-state index is 0.0145. The molecule has 0 radical (unpaired) electrons. The van der Waals surface area contributed by atoms with Gasteiger partial charge in [-0.1, -0.05) is 24.3 Å². The summed E-state index contributed by atoms with van der Waals surface area (Å²) in [5.74, 6) is -0.848. The van der Waals surface area contributed by atoms with E-state index in [1.807, 2.05) is 12.1 Å². The van der Waals surface area contributed by atoms with Gasteiger partial charge >= 0.3 is 5.97 Å². The lowest BCUT2D eigenvalue weighted by molar-refractivity contribution is -0.135. The number of thiocarbonyl (C=S) groups is 1. The Morgan fingerprint density at radius 3 is 3.07 bits per heavy atom. The fourth-order valence-corrected chi connectivity index (χ4v) is 1.15. The molecule has 0 aliphatic heterocycles. The highest BCUT2D eigenvalue weighted by atomic mass is 32.1.